The van der Waals surface area contributed by atoms with E-state index in [0.717, 1.165) is 18.8 Å². The van der Waals surface area contributed by atoms with E-state index >= 15 is 0 Å². The van der Waals surface area contributed by atoms with Gasteiger partial charge in [-0.3, -0.25) is 9.78 Å². The van der Waals surface area contributed by atoms with Gasteiger partial charge in [0.1, 0.15) is 5.82 Å². The van der Waals surface area contributed by atoms with Gasteiger partial charge >= 0.3 is 0 Å². The SMILES string of the molecule is CN(CCc1ccncc1)c1ccnc(N2CCN(C(=O)c3ccco3)CC2)n1. The number of likely N-dealkylation sites (N-methyl/N-ethyl adjacent to an activating group) is 1. The largest absolute Gasteiger partial charge is 0.459 e. The quantitative estimate of drug-likeness (QED) is 0.636. The Balaban J connectivity index is 1.34. The van der Waals surface area contributed by atoms with E-state index in [1.165, 1.54) is 11.8 Å². The van der Waals surface area contributed by atoms with Gasteiger partial charge in [-0.2, -0.15) is 4.98 Å². The number of pyridine rings is 1. The molecule has 0 bridgehead atoms. The fourth-order valence-corrected chi connectivity index (χ4v) is 3.33. The number of amides is 1. The van der Waals surface area contributed by atoms with Crippen LogP contribution in [0.5, 0.6) is 0 Å². The summed E-state index contributed by atoms with van der Waals surface area (Å²) in [6.07, 6.45) is 7.86. The first-order valence-corrected chi connectivity index (χ1v) is 9.71. The average molecular weight is 392 g/mol. The number of nitrogens with zero attached hydrogens (tertiary/aromatic N) is 6. The van der Waals surface area contributed by atoms with Crippen molar-refractivity contribution in [1.29, 1.82) is 0 Å². The van der Waals surface area contributed by atoms with E-state index in [1.54, 1.807) is 23.2 Å². The maximum Gasteiger partial charge on any atom is 0.289 e. The third kappa shape index (κ3) is 4.53. The van der Waals surface area contributed by atoms with Crippen LogP contribution in [0.2, 0.25) is 0 Å². The fourth-order valence-electron chi connectivity index (χ4n) is 3.33. The smallest absolute Gasteiger partial charge is 0.289 e. The molecule has 29 heavy (non-hydrogen) atoms. The molecule has 8 heteroatoms. The number of anilines is 2. The van der Waals surface area contributed by atoms with E-state index in [4.69, 9.17) is 9.40 Å². The van der Waals surface area contributed by atoms with Gasteiger partial charge in [0.25, 0.3) is 5.91 Å². The molecule has 150 valence electrons. The molecule has 1 aliphatic rings. The van der Waals surface area contributed by atoms with Crippen LogP contribution in [0, 0.1) is 0 Å². The van der Waals surface area contributed by atoms with Crippen molar-refractivity contribution in [3.8, 4) is 0 Å². The minimum Gasteiger partial charge on any atom is -0.459 e. The first-order chi connectivity index (χ1) is 14.2. The van der Waals surface area contributed by atoms with Gasteiger partial charge < -0.3 is 19.1 Å². The summed E-state index contributed by atoms with van der Waals surface area (Å²) < 4.78 is 5.22. The van der Waals surface area contributed by atoms with Crippen LogP contribution in [0.1, 0.15) is 16.1 Å². The summed E-state index contributed by atoms with van der Waals surface area (Å²) in [4.78, 5) is 31.7. The highest BCUT2D eigenvalue weighted by atomic mass is 16.3. The van der Waals surface area contributed by atoms with Crippen LogP contribution in [0.3, 0.4) is 0 Å². The first kappa shape index (κ1) is 18.9. The summed E-state index contributed by atoms with van der Waals surface area (Å²) >= 11 is 0. The molecule has 0 aliphatic carbocycles. The lowest BCUT2D eigenvalue weighted by molar-refractivity contribution is 0.0714. The Bertz CT molecular complexity index is 923. The van der Waals surface area contributed by atoms with Crippen molar-refractivity contribution in [3.63, 3.8) is 0 Å². The van der Waals surface area contributed by atoms with E-state index in [-0.39, 0.29) is 5.91 Å². The molecule has 3 aromatic heterocycles. The maximum atomic E-state index is 12.4. The van der Waals surface area contributed by atoms with Crippen LogP contribution in [0.25, 0.3) is 0 Å². The van der Waals surface area contributed by atoms with E-state index in [9.17, 15) is 4.79 Å². The van der Waals surface area contributed by atoms with Crippen molar-refractivity contribution < 1.29 is 9.21 Å². The summed E-state index contributed by atoms with van der Waals surface area (Å²) in [6, 6.07) is 9.41. The van der Waals surface area contributed by atoms with Crippen LogP contribution >= 0.6 is 0 Å². The van der Waals surface area contributed by atoms with Gasteiger partial charge in [0.2, 0.25) is 5.95 Å². The fraction of sp³-hybridized carbons (Fsp3) is 0.333. The van der Waals surface area contributed by atoms with Crippen LogP contribution in [0.4, 0.5) is 11.8 Å². The summed E-state index contributed by atoms with van der Waals surface area (Å²) in [6.45, 7) is 3.47. The number of piperazine rings is 1. The molecule has 0 radical (unpaired) electrons. The molecule has 0 spiro atoms. The lowest BCUT2D eigenvalue weighted by atomic mass is 10.2. The normalized spacial score (nSPS) is 14.1. The van der Waals surface area contributed by atoms with Gasteiger partial charge in [-0.25, -0.2) is 4.98 Å². The highest BCUT2D eigenvalue weighted by molar-refractivity contribution is 5.91. The van der Waals surface area contributed by atoms with Crippen molar-refractivity contribution in [2.45, 2.75) is 6.42 Å². The number of carbonyl (C=O) groups is 1. The second-order valence-electron chi connectivity index (χ2n) is 7.00. The topological polar surface area (TPSA) is 78.6 Å². The standard InChI is InChI=1S/C21H24N6O2/c1-25(11-7-17-4-8-22-9-5-17)19-6-10-23-21(24-19)27-14-12-26(13-15-27)20(28)18-3-2-16-29-18/h2-6,8-10,16H,7,11-15H2,1H3. The predicted molar refractivity (Wildman–Crippen MR) is 110 cm³/mol. The second kappa shape index (κ2) is 8.72. The molecule has 4 heterocycles. The van der Waals surface area contributed by atoms with E-state index in [0.29, 0.717) is 37.9 Å². The Morgan fingerprint density at radius 3 is 2.62 bits per heavy atom. The number of carbonyl (C=O) groups excluding carboxylic acids is 1. The van der Waals surface area contributed by atoms with Crippen LogP contribution in [-0.2, 0) is 6.42 Å². The molecular formula is C21H24N6O2. The summed E-state index contributed by atoms with van der Waals surface area (Å²) in [5, 5.41) is 0. The third-order valence-corrected chi connectivity index (χ3v) is 5.09. The van der Waals surface area contributed by atoms with Crippen LogP contribution in [-0.4, -0.2) is 65.5 Å². The zero-order valence-electron chi connectivity index (χ0n) is 16.4. The molecular weight excluding hydrogens is 368 g/mol. The molecule has 1 aliphatic heterocycles. The zero-order chi connectivity index (χ0) is 20.1. The maximum absolute atomic E-state index is 12.4. The van der Waals surface area contributed by atoms with Gasteiger partial charge in [-0.1, -0.05) is 0 Å². The minimum absolute atomic E-state index is 0.0693. The highest BCUT2D eigenvalue weighted by Gasteiger charge is 2.25. The Morgan fingerprint density at radius 1 is 1.10 bits per heavy atom. The Hall–Kier alpha value is -3.42. The molecule has 0 atom stereocenters. The highest BCUT2D eigenvalue weighted by Crippen LogP contribution is 2.17. The van der Waals surface area contributed by atoms with E-state index in [1.807, 2.05) is 37.6 Å². The second-order valence-corrected chi connectivity index (χ2v) is 7.00. The summed E-state index contributed by atoms with van der Waals surface area (Å²) in [7, 11) is 2.03. The van der Waals surface area contributed by atoms with Crippen molar-refractivity contribution in [1.82, 2.24) is 19.9 Å². The Labute approximate surface area is 169 Å². The zero-order valence-corrected chi connectivity index (χ0v) is 16.4. The Morgan fingerprint density at radius 2 is 1.90 bits per heavy atom. The molecule has 4 rings (SSSR count). The molecule has 0 aromatic carbocycles. The van der Waals surface area contributed by atoms with Crippen LogP contribution in [0.15, 0.2) is 59.6 Å². The van der Waals surface area contributed by atoms with Crippen molar-refractivity contribution in [3.05, 3.63) is 66.5 Å². The number of furan rings is 1. The molecule has 3 aromatic rings. The van der Waals surface area contributed by atoms with Crippen molar-refractivity contribution >= 4 is 17.7 Å². The van der Waals surface area contributed by atoms with Gasteiger partial charge in [0.15, 0.2) is 5.76 Å². The molecule has 0 saturated carbocycles. The van der Waals surface area contributed by atoms with Crippen molar-refractivity contribution in [2.24, 2.45) is 0 Å². The molecule has 1 fully saturated rings. The first-order valence-electron chi connectivity index (χ1n) is 9.71. The van der Waals surface area contributed by atoms with Crippen molar-refractivity contribution in [2.75, 3.05) is 49.6 Å². The van der Waals surface area contributed by atoms with Crippen LogP contribution < -0.4 is 9.80 Å². The number of rotatable bonds is 6. The molecule has 8 nitrogen and oxygen atoms in total. The minimum atomic E-state index is -0.0693. The summed E-state index contributed by atoms with van der Waals surface area (Å²) in [5.74, 6) is 1.90. The third-order valence-electron chi connectivity index (χ3n) is 5.09. The monoisotopic (exact) mass is 392 g/mol. The number of hydrogen-bond acceptors (Lipinski definition) is 7. The van der Waals surface area contributed by atoms with Gasteiger partial charge in [-0.15, -0.1) is 0 Å². The van der Waals surface area contributed by atoms with Gasteiger partial charge in [-0.05, 0) is 42.3 Å². The average Bonchev–Trinajstić information content (AvgIpc) is 3.33. The van der Waals surface area contributed by atoms with E-state index < -0.39 is 0 Å². The molecule has 1 amide bonds. The predicted octanol–water partition coefficient (Wildman–Crippen LogP) is 2.11. The Kier molecular flexibility index (Phi) is 5.69. The van der Waals surface area contributed by atoms with Gasteiger partial charge in [0.05, 0.1) is 6.26 Å². The number of aromatic nitrogens is 3. The van der Waals surface area contributed by atoms with Gasteiger partial charge in [0, 0.05) is 58.4 Å². The summed E-state index contributed by atoms with van der Waals surface area (Å²) in [5.41, 5.74) is 1.25. The molecule has 0 N–H and O–H groups in total. The van der Waals surface area contributed by atoms with E-state index in [2.05, 4.69) is 19.8 Å². The molecule has 1 saturated heterocycles. The number of hydrogen-bond donors (Lipinski definition) is 0. The lowest BCUT2D eigenvalue weighted by Gasteiger charge is -2.34. The molecule has 0 unspecified atom stereocenters. The lowest BCUT2D eigenvalue weighted by Crippen LogP contribution is -2.49.